The van der Waals surface area contributed by atoms with Gasteiger partial charge in [0.15, 0.2) is 0 Å². The molecule has 2 amide bonds. The fourth-order valence-corrected chi connectivity index (χ4v) is 5.09. The highest BCUT2D eigenvalue weighted by atomic mass is 35.5. The third kappa shape index (κ3) is 3.54. The minimum atomic E-state index is -0.626. The van der Waals surface area contributed by atoms with Crippen molar-refractivity contribution in [3.63, 3.8) is 0 Å². The second kappa shape index (κ2) is 6.45. The van der Waals surface area contributed by atoms with Crippen molar-refractivity contribution in [2.24, 2.45) is 10.8 Å². The largest absolute Gasteiger partial charge is 0.495 e. The maximum atomic E-state index is 12.8. The lowest BCUT2D eigenvalue weighted by atomic mass is 9.65. The SMILES string of the molecule is COc1cc(Cl)c(C)cc1NC(=O)C(=O)N1CC2(C)CC1CC(C)(C)C2. The molecule has 1 heterocycles. The van der Waals surface area contributed by atoms with E-state index in [1.165, 1.54) is 7.11 Å². The van der Waals surface area contributed by atoms with E-state index in [-0.39, 0.29) is 16.9 Å². The highest BCUT2D eigenvalue weighted by molar-refractivity contribution is 6.40. The smallest absolute Gasteiger partial charge is 0.314 e. The Morgan fingerprint density at radius 2 is 1.96 bits per heavy atom. The molecule has 6 heteroatoms. The number of amides is 2. The first kappa shape index (κ1) is 19.0. The van der Waals surface area contributed by atoms with E-state index in [2.05, 4.69) is 26.1 Å². The molecule has 0 spiro atoms. The van der Waals surface area contributed by atoms with Gasteiger partial charge in [0.2, 0.25) is 0 Å². The molecule has 2 bridgehead atoms. The molecule has 1 saturated carbocycles. The first-order valence-corrected chi connectivity index (χ1v) is 9.37. The molecular formula is C20H27ClN2O3. The van der Waals surface area contributed by atoms with Gasteiger partial charge in [-0.05, 0) is 48.6 Å². The first-order chi connectivity index (χ1) is 12.0. The van der Waals surface area contributed by atoms with E-state index >= 15 is 0 Å². The predicted molar refractivity (Wildman–Crippen MR) is 103 cm³/mol. The number of anilines is 1. The first-order valence-electron chi connectivity index (χ1n) is 9.00. The Hall–Kier alpha value is -1.75. The molecule has 2 atom stereocenters. The second-order valence-corrected chi connectivity index (χ2v) is 9.31. The van der Waals surface area contributed by atoms with Crippen LogP contribution in [-0.4, -0.2) is 36.4 Å². The van der Waals surface area contributed by atoms with Crippen LogP contribution in [0.3, 0.4) is 0 Å². The molecular weight excluding hydrogens is 352 g/mol. The van der Waals surface area contributed by atoms with Crippen LogP contribution in [0, 0.1) is 17.8 Å². The predicted octanol–water partition coefficient (Wildman–Crippen LogP) is 4.02. The fourth-order valence-electron chi connectivity index (χ4n) is 4.93. The topological polar surface area (TPSA) is 58.6 Å². The summed E-state index contributed by atoms with van der Waals surface area (Å²) in [6, 6.07) is 3.50. The van der Waals surface area contributed by atoms with Crippen LogP contribution in [0.15, 0.2) is 12.1 Å². The third-order valence-electron chi connectivity index (χ3n) is 5.60. The zero-order valence-electron chi connectivity index (χ0n) is 16.1. The Kier molecular flexibility index (Phi) is 4.72. The number of fused-ring (bicyclic) bond motifs is 2. The van der Waals surface area contributed by atoms with Gasteiger partial charge in [-0.3, -0.25) is 9.59 Å². The van der Waals surface area contributed by atoms with Crippen molar-refractivity contribution in [1.29, 1.82) is 0 Å². The van der Waals surface area contributed by atoms with Gasteiger partial charge in [0.1, 0.15) is 5.75 Å². The number of carbonyl (C=O) groups excluding carboxylic acids is 2. The Bertz CT molecular complexity index is 762. The molecule has 2 fully saturated rings. The molecule has 1 saturated heterocycles. The van der Waals surface area contributed by atoms with Crippen LogP contribution in [0.4, 0.5) is 5.69 Å². The third-order valence-corrected chi connectivity index (χ3v) is 6.01. The van der Waals surface area contributed by atoms with Crippen LogP contribution in [0.2, 0.25) is 5.02 Å². The van der Waals surface area contributed by atoms with Crippen molar-refractivity contribution in [1.82, 2.24) is 4.90 Å². The minimum Gasteiger partial charge on any atom is -0.495 e. The van der Waals surface area contributed by atoms with Crippen LogP contribution in [0.25, 0.3) is 0 Å². The van der Waals surface area contributed by atoms with Crippen LogP contribution in [0.5, 0.6) is 5.75 Å². The molecule has 142 valence electrons. The lowest BCUT2D eigenvalue weighted by molar-refractivity contribution is -0.144. The van der Waals surface area contributed by atoms with Crippen LogP contribution in [0.1, 0.15) is 45.6 Å². The van der Waals surface area contributed by atoms with Gasteiger partial charge in [0.25, 0.3) is 0 Å². The van der Waals surface area contributed by atoms with Gasteiger partial charge in [-0.2, -0.15) is 0 Å². The van der Waals surface area contributed by atoms with Gasteiger partial charge in [-0.1, -0.05) is 32.4 Å². The number of hydrogen-bond acceptors (Lipinski definition) is 3. The number of nitrogens with one attached hydrogen (secondary N) is 1. The second-order valence-electron chi connectivity index (χ2n) is 8.90. The summed E-state index contributed by atoms with van der Waals surface area (Å²) in [5.74, 6) is -0.653. The molecule has 1 aromatic carbocycles. The zero-order chi connectivity index (χ0) is 19.3. The summed E-state index contributed by atoms with van der Waals surface area (Å²) in [6.07, 6.45) is 2.98. The van der Waals surface area contributed by atoms with E-state index in [1.54, 1.807) is 17.0 Å². The van der Waals surface area contributed by atoms with E-state index in [0.29, 0.717) is 23.0 Å². The number of likely N-dealkylation sites (tertiary alicyclic amines) is 1. The summed E-state index contributed by atoms with van der Waals surface area (Å²) < 4.78 is 5.28. The lowest BCUT2D eigenvalue weighted by Crippen LogP contribution is -2.43. The number of carbonyl (C=O) groups is 2. The number of methoxy groups -OCH3 is 1. The number of ether oxygens (including phenoxy) is 1. The van der Waals surface area contributed by atoms with Crippen LogP contribution < -0.4 is 10.1 Å². The number of halogens is 1. The summed E-state index contributed by atoms with van der Waals surface area (Å²) in [4.78, 5) is 27.2. The van der Waals surface area contributed by atoms with Crippen molar-refractivity contribution in [3.8, 4) is 5.75 Å². The highest BCUT2D eigenvalue weighted by Crippen LogP contribution is 2.52. The number of aryl methyl sites for hydroxylation is 1. The average Bonchev–Trinajstić information content (AvgIpc) is 2.78. The number of rotatable bonds is 2. The molecule has 0 aromatic heterocycles. The van der Waals surface area contributed by atoms with E-state index < -0.39 is 11.8 Å². The quantitative estimate of drug-likeness (QED) is 0.790. The van der Waals surface area contributed by atoms with Crippen molar-refractivity contribution in [2.45, 2.75) is 53.0 Å². The minimum absolute atomic E-state index is 0.0942. The zero-order valence-corrected chi connectivity index (χ0v) is 16.9. The molecule has 26 heavy (non-hydrogen) atoms. The number of hydrogen-bond donors (Lipinski definition) is 1. The summed E-state index contributed by atoms with van der Waals surface area (Å²) in [5.41, 5.74) is 1.55. The molecule has 2 aliphatic rings. The number of nitrogens with zero attached hydrogens (tertiary/aromatic N) is 1. The average molecular weight is 379 g/mol. The molecule has 0 radical (unpaired) electrons. The maximum Gasteiger partial charge on any atom is 0.314 e. The summed E-state index contributed by atoms with van der Waals surface area (Å²) in [6.45, 7) is 9.19. The molecule has 3 rings (SSSR count). The van der Waals surface area contributed by atoms with Gasteiger partial charge in [-0.15, -0.1) is 0 Å². The van der Waals surface area contributed by atoms with Gasteiger partial charge >= 0.3 is 11.8 Å². The molecule has 1 aliphatic carbocycles. The van der Waals surface area contributed by atoms with Gasteiger partial charge in [-0.25, -0.2) is 0 Å². The molecule has 2 unspecified atom stereocenters. The maximum absolute atomic E-state index is 12.8. The Labute approximate surface area is 160 Å². The summed E-state index contributed by atoms with van der Waals surface area (Å²) in [5, 5.41) is 3.26. The van der Waals surface area contributed by atoms with Gasteiger partial charge in [0.05, 0.1) is 12.8 Å². The fraction of sp³-hybridized carbons (Fsp3) is 0.600. The number of benzene rings is 1. The molecule has 1 N–H and O–H groups in total. The van der Waals surface area contributed by atoms with Crippen molar-refractivity contribution in [3.05, 3.63) is 22.7 Å². The molecule has 1 aliphatic heterocycles. The van der Waals surface area contributed by atoms with E-state index in [9.17, 15) is 9.59 Å². The van der Waals surface area contributed by atoms with E-state index in [0.717, 1.165) is 24.8 Å². The summed E-state index contributed by atoms with van der Waals surface area (Å²) >= 11 is 6.10. The monoisotopic (exact) mass is 378 g/mol. The van der Waals surface area contributed by atoms with Crippen LogP contribution >= 0.6 is 11.6 Å². The van der Waals surface area contributed by atoms with E-state index in [1.807, 2.05) is 6.92 Å². The molecule has 1 aromatic rings. The van der Waals surface area contributed by atoms with Crippen LogP contribution in [-0.2, 0) is 9.59 Å². The normalized spacial score (nSPS) is 26.5. The Morgan fingerprint density at radius 3 is 2.62 bits per heavy atom. The summed E-state index contributed by atoms with van der Waals surface area (Å²) in [7, 11) is 1.50. The molecule has 5 nitrogen and oxygen atoms in total. The lowest BCUT2D eigenvalue weighted by Gasteiger charge is -2.39. The Morgan fingerprint density at radius 1 is 1.27 bits per heavy atom. The van der Waals surface area contributed by atoms with E-state index in [4.69, 9.17) is 16.3 Å². The van der Waals surface area contributed by atoms with Gasteiger partial charge < -0.3 is 15.0 Å². The standard InChI is InChI=1S/C20H27ClN2O3/c1-12-6-15(16(26-5)7-14(12)21)22-17(24)18(25)23-11-20(4)9-13(23)8-19(2,3)10-20/h6-7,13H,8-11H2,1-5H3,(H,22,24). The van der Waals surface area contributed by atoms with Crippen molar-refractivity contribution < 1.29 is 14.3 Å². The highest BCUT2D eigenvalue weighted by Gasteiger charge is 2.51. The van der Waals surface area contributed by atoms with Crippen molar-refractivity contribution >= 4 is 29.1 Å². The van der Waals surface area contributed by atoms with Gasteiger partial charge in [0, 0.05) is 23.7 Å². The Balaban J connectivity index is 1.77. The van der Waals surface area contributed by atoms with Crippen molar-refractivity contribution in [2.75, 3.05) is 19.0 Å².